The molecule has 0 aliphatic carbocycles. The molecule has 0 saturated carbocycles. The van der Waals surface area contributed by atoms with Crippen LogP contribution in [0.4, 0.5) is 0 Å². The molecule has 0 spiro atoms. The predicted octanol–water partition coefficient (Wildman–Crippen LogP) is 0.367. The van der Waals surface area contributed by atoms with Gasteiger partial charge >= 0.3 is 0 Å². The molecule has 50 valence electrons. The van der Waals surface area contributed by atoms with Crippen LogP contribution in [-0.4, -0.2) is 24.3 Å². The van der Waals surface area contributed by atoms with Crippen LogP contribution in [0.3, 0.4) is 0 Å². The van der Waals surface area contributed by atoms with Gasteiger partial charge in [-0.1, -0.05) is 6.92 Å². The van der Waals surface area contributed by atoms with Crippen LogP contribution in [0.1, 0.15) is 20.3 Å². The van der Waals surface area contributed by atoms with Gasteiger partial charge in [-0.05, 0) is 19.9 Å². The van der Waals surface area contributed by atoms with E-state index in [9.17, 15) is 0 Å². The summed E-state index contributed by atoms with van der Waals surface area (Å²) in [5.41, 5.74) is 0. The number of rotatable bonds is 4. The maximum absolute atomic E-state index is 8.72. The molecule has 8 heavy (non-hydrogen) atoms. The van der Waals surface area contributed by atoms with Crippen LogP contribution in [-0.2, 0) is 0 Å². The van der Waals surface area contributed by atoms with Crippen molar-refractivity contribution in [1.82, 2.24) is 5.32 Å². The quantitative estimate of drug-likeness (QED) is 0.521. The Kier molecular flexibility index (Phi) is 5.01. The number of hydrogen-bond acceptors (Lipinski definition) is 2. The second-order valence-electron chi connectivity index (χ2n) is 2.05. The first-order valence-electron chi connectivity index (χ1n) is 3.16. The van der Waals surface area contributed by atoms with Crippen molar-refractivity contribution in [2.75, 3.05) is 13.1 Å². The lowest BCUT2D eigenvalue weighted by Gasteiger charge is -2.03. The van der Waals surface area contributed by atoms with Crippen molar-refractivity contribution in [1.29, 1.82) is 0 Å². The highest BCUT2D eigenvalue weighted by Crippen LogP contribution is 1.75. The molecule has 0 aromatic rings. The molecule has 1 unspecified atom stereocenters. The van der Waals surface area contributed by atoms with E-state index in [1.165, 1.54) is 0 Å². The van der Waals surface area contributed by atoms with Crippen LogP contribution >= 0.6 is 0 Å². The minimum Gasteiger partial charge on any atom is -0.392 e. The molecule has 0 aliphatic rings. The first-order valence-corrected chi connectivity index (χ1v) is 3.16. The van der Waals surface area contributed by atoms with Gasteiger partial charge in [0.15, 0.2) is 0 Å². The molecule has 0 fully saturated rings. The van der Waals surface area contributed by atoms with E-state index >= 15 is 0 Å². The van der Waals surface area contributed by atoms with E-state index < -0.39 is 0 Å². The standard InChI is InChI=1S/C6H15NO/c1-3-4-7-5-6(2)8/h6-8H,3-5H2,1-2H3. The lowest BCUT2D eigenvalue weighted by Crippen LogP contribution is -2.24. The predicted molar refractivity (Wildman–Crippen MR) is 34.8 cm³/mol. The van der Waals surface area contributed by atoms with E-state index in [0.29, 0.717) is 6.54 Å². The molecule has 0 amide bonds. The second-order valence-corrected chi connectivity index (χ2v) is 2.05. The van der Waals surface area contributed by atoms with E-state index in [-0.39, 0.29) is 6.10 Å². The Hall–Kier alpha value is -0.0800. The zero-order valence-corrected chi connectivity index (χ0v) is 5.65. The minimum atomic E-state index is -0.207. The van der Waals surface area contributed by atoms with Gasteiger partial charge < -0.3 is 10.4 Å². The summed E-state index contributed by atoms with van der Waals surface area (Å²) in [6.07, 6.45) is 0.925. The summed E-state index contributed by atoms with van der Waals surface area (Å²) in [4.78, 5) is 0. The molecule has 0 radical (unpaired) electrons. The Morgan fingerprint density at radius 1 is 1.62 bits per heavy atom. The summed E-state index contributed by atoms with van der Waals surface area (Å²) in [6, 6.07) is 0. The van der Waals surface area contributed by atoms with Gasteiger partial charge in [-0.15, -0.1) is 0 Å². The Morgan fingerprint density at radius 3 is 2.62 bits per heavy atom. The average Bonchev–Trinajstić information content (AvgIpc) is 1.66. The summed E-state index contributed by atoms with van der Waals surface area (Å²) >= 11 is 0. The maximum atomic E-state index is 8.72. The van der Waals surface area contributed by atoms with Gasteiger partial charge in [0.1, 0.15) is 0 Å². The number of hydrogen-bond donors (Lipinski definition) is 2. The highest BCUT2D eigenvalue weighted by Gasteiger charge is 1.90. The molecular weight excluding hydrogens is 102 g/mol. The Labute approximate surface area is 50.9 Å². The fourth-order valence-corrected chi connectivity index (χ4v) is 0.488. The van der Waals surface area contributed by atoms with Crippen LogP contribution < -0.4 is 5.32 Å². The molecule has 2 heteroatoms. The van der Waals surface area contributed by atoms with E-state index in [2.05, 4.69) is 12.2 Å². The Bertz CT molecular complexity index is 45.8. The number of nitrogens with one attached hydrogen (secondary N) is 1. The van der Waals surface area contributed by atoms with Crippen molar-refractivity contribution in [2.45, 2.75) is 26.4 Å². The highest BCUT2D eigenvalue weighted by molar-refractivity contribution is 4.50. The molecule has 0 aromatic carbocycles. The summed E-state index contributed by atoms with van der Waals surface area (Å²) in [7, 11) is 0. The van der Waals surface area contributed by atoms with E-state index in [1.54, 1.807) is 6.92 Å². The smallest absolute Gasteiger partial charge is 0.0636 e. The number of aliphatic hydroxyl groups excluding tert-OH is 1. The van der Waals surface area contributed by atoms with Crippen LogP contribution in [0.25, 0.3) is 0 Å². The van der Waals surface area contributed by atoms with Crippen LogP contribution in [0.15, 0.2) is 0 Å². The SMILES string of the molecule is CCCNCC(C)O. The monoisotopic (exact) mass is 117 g/mol. The largest absolute Gasteiger partial charge is 0.392 e. The molecule has 0 rings (SSSR count). The molecule has 0 aliphatic heterocycles. The lowest BCUT2D eigenvalue weighted by molar-refractivity contribution is 0.191. The third-order valence-electron chi connectivity index (χ3n) is 0.867. The van der Waals surface area contributed by atoms with Gasteiger partial charge in [-0.3, -0.25) is 0 Å². The maximum Gasteiger partial charge on any atom is 0.0636 e. The van der Waals surface area contributed by atoms with Crippen molar-refractivity contribution < 1.29 is 5.11 Å². The van der Waals surface area contributed by atoms with Gasteiger partial charge in [0.2, 0.25) is 0 Å². The van der Waals surface area contributed by atoms with E-state index in [4.69, 9.17) is 5.11 Å². The Balaban J connectivity index is 2.72. The lowest BCUT2D eigenvalue weighted by atomic mass is 10.4. The molecule has 2 nitrogen and oxygen atoms in total. The summed E-state index contributed by atoms with van der Waals surface area (Å²) in [6.45, 7) is 5.61. The fraction of sp³-hybridized carbons (Fsp3) is 1.00. The molecule has 1 atom stereocenters. The third-order valence-corrected chi connectivity index (χ3v) is 0.867. The van der Waals surface area contributed by atoms with Crippen molar-refractivity contribution in [3.8, 4) is 0 Å². The zero-order valence-electron chi connectivity index (χ0n) is 5.65. The zero-order chi connectivity index (χ0) is 6.41. The molecular formula is C6H15NO. The van der Waals surface area contributed by atoms with Gasteiger partial charge in [-0.2, -0.15) is 0 Å². The number of aliphatic hydroxyl groups is 1. The van der Waals surface area contributed by atoms with Gasteiger partial charge in [0.25, 0.3) is 0 Å². The van der Waals surface area contributed by atoms with Crippen molar-refractivity contribution in [2.24, 2.45) is 0 Å². The normalized spacial score (nSPS) is 13.9. The molecule has 0 bridgehead atoms. The van der Waals surface area contributed by atoms with Gasteiger partial charge in [0, 0.05) is 6.54 Å². The van der Waals surface area contributed by atoms with Crippen molar-refractivity contribution in [3.63, 3.8) is 0 Å². The van der Waals surface area contributed by atoms with Crippen molar-refractivity contribution in [3.05, 3.63) is 0 Å². The topological polar surface area (TPSA) is 32.3 Å². The highest BCUT2D eigenvalue weighted by atomic mass is 16.3. The molecule has 0 heterocycles. The van der Waals surface area contributed by atoms with E-state index in [1.807, 2.05) is 0 Å². The minimum absolute atomic E-state index is 0.207. The Morgan fingerprint density at radius 2 is 2.25 bits per heavy atom. The van der Waals surface area contributed by atoms with Crippen molar-refractivity contribution >= 4 is 0 Å². The third kappa shape index (κ3) is 5.92. The van der Waals surface area contributed by atoms with E-state index in [0.717, 1.165) is 13.0 Å². The first kappa shape index (κ1) is 7.92. The molecule has 0 aromatic heterocycles. The average molecular weight is 117 g/mol. The summed E-state index contributed by atoms with van der Waals surface area (Å²) in [5, 5.41) is 11.8. The first-order chi connectivity index (χ1) is 3.77. The van der Waals surface area contributed by atoms with Crippen LogP contribution in [0.5, 0.6) is 0 Å². The molecule has 0 saturated heterocycles. The van der Waals surface area contributed by atoms with Gasteiger partial charge in [0.05, 0.1) is 6.10 Å². The molecule has 2 N–H and O–H groups in total. The van der Waals surface area contributed by atoms with Gasteiger partial charge in [-0.25, -0.2) is 0 Å². The van der Waals surface area contributed by atoms with Crippen LogP contribution in [0.2, 0.25) is 0 Å². The summed E-state index contributed by atoms with van der Waals surface area (Å²) < 4.78 is 0. The summed E-state index contributed by atoms with van der Waals surface area (Å²) in [5.74, 6) is 0. The second kappa shape index (κ2) is 5.06. The van der Waals surface area contributed by atoms with Crippen LogP contribution in [0, 0.1) is 0 Å². The fourth-order valence-electron chi connectivity index (χ4n) is 0.488.